The quantitative estimate of drug-likeness (QED) is 0.602. The van der Waals surface area contributed by atoms with Gasteiger partial charge in [-0.2, -0.15) is 0 Å². The molecule has 0 radical (unpaired) electrons. The van der Waals surface area contributed by atoms with Crippen molar-refractivity contribution in [2.24, 2.45) is 17.8 Å². The number of piperidine rings is 1. The highest BCUT2D eigenvalue weighted by Gasteiger charge is 2.39. The van der Waals surface area contributed by atoms with Crippen molar-refractivity contribution >= 4 is 11.8 Å². The van der Waals surface area contributed by atoms with E-state index in [0.717, 1.165) is 41.5 Å². The monoisotopic (exact) mass is 475 g/mol. The molecule has 2 heterocycles. The molecule has 6 rings (SSSR count). The summed E-state index contributed by atoms with van der Waals surface area (Å²) in [6.07, 6.45) is 16.3. The Balaban J connectivity index is 1.09. The maximum atomic E-state index is 13.1. The number of carbonyl (C=O) groups excluding carboxylic acids is 2. The van der Waals surface area contributed by atoms with Crippen LogP contribution in [0.15, 0.2) is 30.5 Å². The fourth-order valence-corrected chi connectivity index (χ4v) is 7.44. The topological polar surface area (TPSA) is 61.4 Å². The Labute approximate surface area is 210 Å². The average molecular weight is 476 g/mol. The van der Waals surface area contributed by atoms with Crippen molar-refractivity contribution in [2.45, 2.75) is 108 Å². The summed E-state index contributed by atoms with van der Waals surface area (Å²) in [5.41, 5.74) is 3.96. The van der Waals surface area contributed by atoms with Gasteiger partial charge in [0.25, 0.3) is 5.91 Å². The lowest BCUT2D eigenvalue weighted by molar-refractivity contribution is -0.126. The third kappa shape index (κ3) is 4.94. The first kappa shape index (κ1) is 23.3. The lowest BCUT2D eigenvalue weighted by Crippen LogP contribution is -2.49. The van der Waals surface area contributed by atoms with Gasteiger partial charge in [0, 0.05) is 29.9 Å². The molecule has 5 nitrogen and oxygen atoms in total. The second-order valence-corrected chi connectivity index (χ2v) is 12.0. The summed E-state index contributed by atoms with van der Waals surface area (Å²) in [6, 6.07) is 7.37. The third-order valence-electron chi connectivity index (χ3n) is 9.62. The van der Waals surface area contributed by atoms with Gasteiger partial charge in [-0.05, 0) is 106 Å². The van der Waals surface area contributed by atoms with Crippen molar-refractivity contribution in [3.63, 3.8) is 0 Å². The fraction of sp³-hybridized carbons (Fsp3) is 0.667. The number of benzene rings is 1. The number of carbonyl (C=O) groups is 2. The van der Waals surface area contributed by atoms with Crippen LogP contribution in [-0.2, 0) is 17.8 Å². The summed E-state index contributed by atoms with van der Waals surface area (Å²) in [5.74, 6) is 2.66. The minimum Gasteiger partial charge on any atom is -0.329 e. The van der Waals surface area contributed by atoms with E-state index < -0.39 is 0 Å². The molecule has 5 heteroatoms. The Bertz CT molecular complexity index is 991. The van der Waals surface area contributed by atoms with Gasteiger partial charge in [0.05, 0.1) is 0 Å². The van der Waals surface area contributed by atoms with Gasteiger partial charge in [0.1, 0.15) is 6.04 Å². The normalized spacial score (nSPS) is 33.5. The fourth-order valence-electron chi connectivity index (χ4n) is 7.44. The Morgan fingerprint density at radius 1 is 0.943 bits per heavy atom. The van der Waals surface area contributed by atoms with Gasteiger partial charge >= 0.3 is 0 Å². The minimum absolute atomic E-state index is 0.00165. The molecule has 35 heavy (non-hydrogen) atoms. The average Bonchev–Trinajstić information content (AvgIpc) is 3.65. The highest BCUT2D eigenvalue weighted by atomic mass is 16.2. The number of nitrogens with zero attached hydrogens (tertiary/aromatic N) is 1. The van der Waals surface area contributed by atoms with E-state index in [2.05, 4.69) is 29.3 Å². The van der Waals surface area contributed by atoms with Gasteiger partial charge in [-0.1, -0.05) is 31.6 Å². The lowest BCUT2D eigenvalue weighted by Gasteiger charge is -2.38. The molecule has 4 fully saturated rings. The first-order valence-corrected chi connectivity index (χ1v) is 14.2. The molecule has 0 aromatic heterocycles. The van der Waals surface area contributed by atoms with Crippen LogP contribution in [0, 0.1) is 17.8 Å². The largest absolute Gasteiger partial charge is 0.329 e. The Kier molecular flexibility index (Phi) is 6.46. The van der Waals surface area contributed by atoms with Crippen molar-refractivity contribution in [3.05, 3.63) is 47.2 Å². The molecule has 2 amide bonds. The second-order valence-electron chi connectivity index (χ2n) is 12.0. The molecule has 1 unspecified atom stereocenters. The van der Waals surface area contributed by atoms with Gasteiger partial charge in [0.15, 0.2) is 0 Å². The first-order valence-electron chi connectivity index (χ1n) is 14.2. The van der Waals surface area contributed by atoms with Crippen LogP contribution in [0.4, 0.5) is 0 Å². The summed E-state index contributed by atoms with van der Waals surface area (Å²) in [4.78, 5) is 27.3. The molecule has 188 valence electrons. The van der Waals surface area contributed by atoms with Crippen LogP contribution in [0.1, 0.15) is 98.5 Å². The van der Waals surface area contributed by atoms with E-state index in [1.165, 1.54) is 69.8 Å². The zero-order valence-corrected chi connectivity index (χ0v) is 21.1. The maximum absolute atomic E-state index is 13.1. The van der Waals surface area contributed by atoms with Crippen LogP contribution in [0.2, 0.25) is 0 Å². The molecular formula is C30H41N3O2. The Hall–Kier alpha value is -2.14. The molecule has 0 bridgehead atoms. The van der Waals surface area contributed by atoms with Gasteiger partial charge in [-0.25, -0.2) is 0 Å². The van der Waals surface area contributed by atoms with Crippen molar-refractivity contribution in [2.75, 3.05) is 0 Å². The van der Waals surface area contributed by atoms with Crippen molar-refractivity contribution in [3.8, 4) is 0 Å². The standard InChI is InChI=1S/C30H41N3O2/c1-19-6-15-28(29(34)31-19)33-18-24-17-20(7-14-26(24)30(33)35)16-23-4-2-3-5-27(23)32-25-12-10-22(11-13-25)21-8-9-21/h7,14,17,21-23,25,27-28,32H,1-6,8-13,15-16,18H2,(H,31,34)/t22?,23-,25?,27+,28?/m1/s1. The molecule has 3 saturated carbocycles. The number of allylic oxidation sites excluding steroid dienone is 1. The number of rotatable bonds is 6. The second kappa shape index (κ2) is 9.72. The van der Waals surface area contributed by atoms with Gasteiger partial charge in [0.2, 0.25) is 5.91 Å². The summed E-state index contributed by atoms with van der Waals surface area (Å²) in [5, 5.41) is 6.95. The van der Waals surface area contributed by atoms with E-state index in [1.54, 1.807) is 4.90 Å². The zero-order valence-electron chi connectivity index (χ0n) is 21.1. The molecule has 1 saturated heterocycles. The Morgan fingerprint density at radius 2 is 1.69 bits per heavy atom. The zero-order chi connectivity index (χ0) is 23.9. The van der Waals surface area contributed by atoms with Crippen LogP contribution in [0.5, 0.6) is 0 Å². The molecule has 3 aliphatic carbocycles. The third-order valence-corrected chi connectivity index (χ3v) is 9.62. The maximum Gasteiger partial charge on any atom is 0.255 e. The predicted molar refractivity (Wildman–Crippen MR) is 138 cm³/mol. The van der Waals surface area contributed by atoms with Crippen LogP contribution in [-0.4, -0.2) is 34.8 Å². The van der Waals surface area contributed by atoms with E-state index in [1.807, 2.05) is 6.07 Å². The summed E-state index contributed by atoms with van der Waals surface area (Å²) >= 11 is 0. The molecule has 5 aliphatic rings. The summed E-state index contributed by atoms with van der Waals surface area (Å²) < 4.78 is 0. The van der Waals surface area contributed by atoms with Gasteiger partial charge in [-0.3, -0.25) is 9.59 Å². The van der Waals surface area contributed by atoms with E-state index in [9.17, 15) is 9.59 Å². The van der Waals surface area contributed by atoms with Crippen molar-refractivity contribution in [1.29, 1.82) is 0 Å². The van der Waals surface area contributed by atoms with Gasteiger partial charge < -0.3 is 15.5 Å². The number of nitrogens with one attached hydrogen (secondary N) is 2. The van der Waals surface area contributed by atoms with Crippen molar-refractivity contribution < 1.29 is 9.59 Å². The molecule has 1 aromatic rings. The molecular weight excluding hydrogens is 434 g/mol. The SMILES string of the molecule is C=C1CCC(N2Cc3cc(C[C@H]4CCCC[C@@H]4NC4CCC(C5CC5)CC4)ccc3C2=O)C(=O)N1. The minimum atomic E-state index is -0.384. The summed E-state index contributed by atoms with van der Waals surface area (Å²) in [7, 11) is 0. The number of hydrogen-bond acceptors (Lipinski definition) is 3. The molecule has 2 N–H and O–H groups in total. The van der Waals surface area contributed by atoms with Crippen LogP contribution < -0.4 is 10.6 Å². The molecule has 1 aromatic carbocycles. The number of hydrogen-bond donors (Lipinski definition) is 2. The molecule has 0 spiro atoms. The molecule has 2 aliphatic heterocycles. The number of fused-ring (bicyclic) bond motifs is 1. The van der Waals surface area contributed by atoms with Crippen molar-refractivity contribution in [1.82, 2.24) is 15.5 Å². The van der Waals surface area contributed by atoms with Crippen LogP contribution in [0.3, 0.4) is 0 Å². The first-order chi connectivity index (χ1) is 17.0. The molecule has 3 atom stereocenters. The lowest BCUT2D eigenvalue weighted by atomic mass is 9.78. The predicted octanol–water partition coefficient (Wildman–Crippen LogP) is 5.09. The van der Waals surface area contributed by atoms with Crippen LogP contribution in [0.25, 0.3) is 0 Å². The smallest absolute Gasteiger partial charge is 0.255 e. The highest BCUT2D eigenvalue weighted by Crippen LogP contribution is 2.44. The van der Waals surface area contributed by atoms with E-state index >= 15 is 0 Å². The van der Waals surface area contributed by atoms with E-state index in [0.29, 0.717) is 31.0 Å². The van der Waals surface area contributed by atoms with Crippen LogP contribution >= 0.6 is 0 Å². The Morgan fingerprint density at radius 3 is 2.43 bits per heavy atom. The van der Waals surface area contributed by atoms with Gasteiger partial charge in [-0.15, -0.1) is 0 Å². The number of amides is 2. The van der Waals surface area contributed by atoms with E-state index in [4.69, 9.17) is 0 Å². The highest BCUT2D eigenvalue weighted by molar-refractivity contribution is 6.01. The van der Waals surface area contributed by atoms with E-state index in [-0.39, 0.29) is 17.9 Å². The summed E-state index contributed by atoms with van der Waals surface area (Å²) in [6.45, 7) is 4.41.